The number of ether oxygens (including phenoxy) is 1. The molecule has 1 aromatic carbocycles. The molecule has 158 valence electrons. The Morgan fingerprint density at radius 1 is 1.23 bits per heavy atom. The number of hydrogen-bond donors (Lipinski definition) is 3. The molecular weight excluding hydrogens is 398 g/mol. The van der Waals surface area contributed by atoms with E-state index in [1.165, 1.54) is 0 Å². The monoisotopic (exact) mass is 419 g/mol. The van der Waals surface area contributed by atoms with Gasteiger partial charge in [0.1, 0.15) is 12.4 Å². The second-order valence-electron chi connectivity index (χ2n) is 8.65. The highest BCUT2D eigenvalue weighted by Gasteiger charge is 2.45. The van der Waals surface area contributed by atoms with Crippen LogP contribution >= 0.6 is 0 Å². The molecular formula is C23H21N3O5. The lowest BCUT2D eigenvalue weighted by Crippen LogP contribution is -2.44. The lowest BCUT2D eigenvalue weighted by atomic mass is 9.84. The van der Waals surface area contributed by atoms with E-state index in [1.807, 2.05) is 0 Å². The number of cyclic esters (lactones) is 1. The molecule has 6 rings (SSSR count). The first-order valence-electron chi connectivity index (χ1n) is 10.4. The first kappa shape index (κ1) is 18.5. The fraction of sp³-hybridized carbons (Fsp3) is 0.348. The van der Waals surface area contributed by atoms with Crippen LogP contribution in [-0.4, -0.2) is 31.8 Å². The molecule has 0 bridgehead atoms. The van der Waals surface area contributed by atoms with E-state index in [4.69, 9.17) is 15.5 Å². The fourth-order valence-electron chi connectivity index (χ4n) is 5.36. The van der Waals surface area contributed by atoms with Crippen LogP contribution in [0.4, 0.5) is 0 Å². The number of aromatic hydroxyl groups is 1. The largest absolute Gasteiger partial charge is 0.508 e. The summed E-state index contributed by atoms with van der Waals surface area (Å²) in [5.41, 5.74) is 9.44. The third-order valence-electron chi connectivity index (χ3n) is 6.98. The van der Waals surface area contributed by atoms with Gasteiger partial charge in [-0.2, -0.15) is 0 Å². The number of phenols is 1. The van der Waals surface area contributed by atoms with Crippen LogP contribution in [0, 0.1) is 0 Å². The van der Waals surface area contributed by atoms with Crippen LogP contribution in [-0.2, 0) is 41.1 Å². The summed E-state index contributed by atoms with van der Waals surface area (Å²) in [7, 11) is 0. The summed E-state index contributed by atoms with van der Waals surface area (Å²) in [4.78, 5) is 30.5. The third-order valence-corrected chi connectivity index (χ3v) is 6.98. The normalized spacial score (nSPS) is 23.3. The number of rotatable bonds is 1. The molecule has 3 aromatic rings. The summed E-state index contributed by atoms with van der Waals surface area (Å²) in [5, 5.41) is 22.3. The predicted molar refractivity (Wildman–Crippen MR) is 112 cm³/mol. The van der Waals surface area contributed by atoms with E-state index < -0.39 is 11.6 Å². The average Bonchev–Trinajstić information content (AvgIpc) is 3.13. The Hall–Kier alpha value is -3.23. The maximum absolute atomic E-state index is 13.3. The number of fused-ring (bicyclic) bond motifs is 5. The van der Waals surface area contributed by atoms with Gasteiger partial charge in [0.2, 0.25) is 0 Å². The van der Waals surface area contributed by atoms with E-state index in [1.54, 1.807) is 29.7 Å². The van der Waals surface area contributed by atoms with Gasteiger partial charge < -0.3 is 25.3 Å². The van der Waals surface area contributed by atoms with Gasteiger partial charge in [-0.25, -0.2) is 9.78 Å². The number of pyridine rings is 2. The number of carbonyl (C=O) groups is 1. The SMILES string of the molecule is CC[C@@]1(O)C(=O)OCc2c1cc1n(c2=O)Cc2c-1nc1ccc(O)c3c1c2CC(N)C3. The second-order valence-corrected chi connectivity index (χ2v) is 8.65. The summed E-state index contributed by atoms with van der Waals surface area (Å²) >= 11 is 0. The molecule has 0 spiro atoms. The van der Waals surface area contributed by atoms with Gasteiger partial charge in [-0.3, -0.25) is 4.79 Å². The van der Waals surface area contributed by atoms with E-state index in [0.717, 1.165) is 27.6 Å². The zero-order valence-electron chi connectivity index (χ0n) is 16.9. The Morgan fingerprint density at radius 2 is 2.00 bits per heavy atom. The second kappa shape index (κ2) is 5.93. The lowest BCUT2D eigenvalue weighted by molar-refractivity contribution is -0.172. The molecule has 2 aliphatic heterocycles. The van der Waals surface area contributed by atoms with Crippen LogP contribution in [0.2, 0.25) is 0 Å². The topological polar surface area (TPSA) is 128 Å². The average molecular weight is 419 g/mol. The van der Waals surface area contributed by atoms with Crippen LogP contribution in [0.5, 0.6) is 5.75 Å². The molecule has 0 amide bonds. The number of benzene rings is 1. The molecule has 2 atom stereocenters. The van der Waals surface area contributed by atoms with Crippen LogP contribution in [0.3, 0.4) is 0 Å². The van der Waals surface area contributed by atoms with E-state index in [2.05, 4.69) is 0 Å². The molecule has 0 saturated heterocycles. The van der Waals surface area contributed by atoms with Crippen molar-refractivity contribution in [3.8, 4) is 17.1 Å². The third kappa shape index (κ3) is 2.23. The molecule has 0 saturated carbocycles. The van der Waals surface area contributed by atoms with E-state index in [9.17, 15) is 19.8 Å². The molecule has 1 unspecified atom stereocenters. The summed E-state index contributed by atoms with van der Waals surface area (Å²) in [6.45, 7) is 1.85. The summed E-state index contributed by atoms with van der Waals surface area (Å²) in [6, 6.07) is 4.97. The van der Waals surface area contributed by atoms with Crippen molar-refractivity contribution in [3.63, 3.8) is 0 Å². The van der Waals surface area contributed by atoms with Gasteiger partial charge in [-0.05, 0) is 43.0 Å². The number of hydrogen-bond acceptors (Lipinski definition) is 7. The number of aromatic nitrogens is 2. The highest BCUT2D eigenvalue weighted by Crippen LogP contribution is 2.43. The summed E-state index contributed by atoms with van der Waals surface area (Å²) < 4.78 is 6.75. The first-order valence-corrected chi connectivity index (χ1v) is 10.4. The number of aliphatic hydroxyl groups is 1. The first-order chi connectivity index (χ1) is 14.8. The summed E-state index contributed by atoms with van der Waals surface area (Å²) in [6.07, 6.45) is 1.30. The Balaban J connectivity index is 1.67. The van der Waals surface area contributed by atoms with Gasteiger partial charge in [0.05, 0.1) is 29.0 Å². The minimum Gasteiger partial charge on any atom is -0.508 e. The van der Waals surface area contributed by atoms with E-state index in [0.29, 0.717) is 41.9 Å². The maximum atomic E-state index is 13.3. The minimum atomic E-state index is -1.85. The van der Waals surface area contributed by atoms with Gasteiger partial charge in [-0.1, -0.05) is 6.92 Å². The highest BCUT2D eigenvalue weighted by atomic mass is 16.6. The Labute approximate surface area is 176 Å². The van der Waals surface area contributed by atoms with Crippen molar-refractivity contribution < 1.29 is 19.7 Å². The van der Waals surface area contributed by atoms with Crippen molar-refractivity contribution in [1.29, 1.82) is 0 Å². The molecule has 1 aliphatic carbocycles. The van der Waals surface area contributed by atoms with Crippen LogP contribution in [0.25, 0.3) is 22.3 Å². The molecule has 8 nitrogen and oxygen atoms in total. The zero-order chi connectivity index (χ0) is 21.7. The van der Waals surface area contributed by atoms with Gasteiger partial charge in [0, 0.05) is 28.1 Å². The lowest BCUT2D eigenvalue weighted by Gasteiger charge is -2.31. The minimum absolute atomic E-state index is 0.0997. The smallest absolute Gasteiger partial charge is 0.343 e. The molecule has 31 heavy (non-hydrogen) atoms. The molecule has 4 N–H and O–H groups in total. The van der Waals surface area contributed by atoms with Crippen LogP contribution in [0.1, 0.15) is 41.2 Å². The van der Waals surface area contributed by atoms with Gasteiger partial charge in [-0.15, -0.1) is 0 Å². The zero-order valence-corrected chi connectivity index (χ0v) is 16.9. The van der Waals surface area contributed by atoms with Crippen molar-refractivity contribution in [3.05, 3.63) is 56.4 Å². The van der Waals surface area contributed by atoms with E-state index in [-0.39, 0.29) is 30.4 Å². The number of carbonyl (C=O) groups excluding carboxylic acids is 1. The molecule has 2 aromatic heterocycles. The van der Waals surface area contributed by atoms with Crippen molar-refractivity contribution in [1.82, 2.24) is 9.55 Å². The standard InChI is InChI=1S/C23H21N3O5/c1-2-23(30)15-7-17-20-13(8-26(17)21(28)14(15)9-31-22(23)29)11-5-10(24)6-12-18(27)4-3-16(25-20)19(11)12/h3-4,7,10,27,30H,2,5-6,8-9,24H2,1H3/t10?,23-/m0/s1. The number of nitrogens with zero attached hydrogens (tertiary/aromatic N) is 2. The Bertz CT molecular complexity index is 1390. The number of nitrogens with two attached hydrogens (primary N) is 1. The molecule has 4 heterocycles. The fourth-order valence-corrected chi connectivity index (χ4v) is 5.36. The molecule has 8 heteroatoms. The van der Waals surface area contributed by atoms with Crippen molar-refractivity contribution in [2.75, 3.05) is 0 Å². The Morgan fingerprint density at radius 3 is 2.77 bits per heavy atom. The van der Waals surface area contributed by atoms with Gasteiger partial charge in [0.25, 0.3) is 5.56 Å². The molecule has 0 fully saturated rings. The number of phenolic OH excluding ortho intramolecular Hbond substituents is 1. The van der Waals surface area contributed by atoms with Gasteiger partial charge in [0.15, 0.2) is 5.60 Å². The Kier molecular flexibility index (Phi) is 3.54. The van der Waals surface area contributed by atoms with Gasteiger partial charge >= 0.3 is 5.97 Å². The molecule has 3 aliphatic rings. The van der Waals surface area contributed by atoms with Crippen LogP contribution in [0.15, 0.2) is 23.0 Å². The molecule has 0 radical (unpaired) electrons. The highest BCUT2D eigenvalue weighted by molar-refractivity contribution is 5.93. The summed E-state index contributed by atoms with van der Waals surface area (Å²) in [5.74, 6) is -0.532. The van der Waals surface area contributed by atoms with Crippen molar-refractivity contribution in [2.45, 2.75) is 51.0 Å². The quantitative estimate of drug-likeness (QED) is 0.396. The maximum Gasteiger partial charge on any atom is 0.343 e. The number of esters is 1. The van der Waals surface area contributed by atoms with Crippen molar-refractivity contribution in [2.24, 2.45) is 5.73 Å². The van der Waals surface area contributed by atoms with Crippen molar-refractivity contribution >= 4 is 16.9 Å². The predicted octanol–water partition coefficient (Wildman–Crippen LogP) is 1.21. The van der Waals surface area contributed by atoms with E-state index >= 15 is 0 Å². The van der Waals surface area contributed by atoms with Crippen LogP contribution < -0.4 is 11.3 Å².